The van der Waals surface area contributed by atoms with Gasteiger partial charge in [-0.15, -0.1) is 6.58 Å². The van der Waals surface area contributed by atoms with Crippen LogP contribution in [0, 0.1) is 0 Å². The number of hydrogen-bond donors (Lipinski definition) is 1. The first kappa shape index (κ1) is 21.2. The van der Waals surface area contributed by atoms with Crippen LogP contribution >= 0.6 is 0 Å². The number of fused-ring (bicyclic) bond motifs is 3. The predicted molar refractivity (Wildman–Crippen MR) is 119 cm³/mol. The van der Waals surface area contributed by atoms with Crippen molar-refractivity contribution in [3.05, 3.63) is 66.4 Å². The van der Waals surface area contributed by atoms with Gasteiger partial charge in [0.05, 0.1) is 18.3 Å². The highest BCUT2D eigenvalue weighted by Gasteiger charge is 2.13. The van der Waals surface area contributed by atoms with E-state index in [-0.39, 0.29) is 0 Å². The number of aromatic nitrogens is 3. The fourth-order valence-corrected chi connectivity index (χ4v) is 3.01. The summed E-state index contributed by atoms with van der Waals surface area (Å²) in [7, 11) is 1.64. The third-order valence-electron chi connectivity index (χ3n) is 4.16. The lowest BCUT2D eigenvalue weighted by Gasteiger charge is -2.07. The van der Waals surface area contributed by atoms with Crippen LogP contribution in [0.1, 0.15) is 39.3 Å². The normalized spacial score (nSPS) is 11.6. The van der Waals surface area contributed by atoms with Gasteiger partial charge in [0, 0.05) is 11.8 Å². The summed E-state index contributed by atoms with van der Waals surface area (Å²) in [5.74, 6) is 1.08. The minimum atomic E-state index is 0.364. The van der Waals surface area contributed by atoms with Crippen molar-refractivity contribution in [2.24, 2.45) is 0 Å². The molecule has 0 spiro atoms. The zero-order chi connectivity index (χ0) is 20.5. The fourth-order valence-electron chi connectivity index (χ4n) is 3.01. The van der Waals surface area contributed by atoms with Gasteiger partial charge in [0.1, 0.15) is 11.3 Å². The number of ether oxygens (including phenoxy) is 1. The van der Waals surface area contributed by atoms with E-state index in [9.17, 15) is 0 Å². The van der Waals surface area contributed by atoms with Crippen molar-refractivity contribution in [2.75, 3.05) is 12.8 Å². The highest BCUT2D eigenvalue weighted by Crippen LogP contribution is 2.29. The van der Waals surface area contributed by atoms with Crippen molar-refractivity contribution in [1.29, 1.82) is 0 Å². The van der Waals surface area contributed by atoms with Gasteiger partial charge in [0.25, 0.3) is 0 Å². The van der Waals surface area contributed by atoms with Crippen LogP contribution in [0.4, 0.5) is 5.95 Å². The third-order valence-corrected chi connectivity index (χ3v) is 4.16. The predicted octanol–water partition coefficient (Wildman–Crippen LogP) is 5.51. The number of methoxy groups -OCH3 is 1. The minimum absolute atomic E-state index is 0.364. The number of allylic oxidation sites excluding steroid dienone is 5. The summed E-state index contributed by atoms with van der Waals surface area (Å²) in [6.07, 6.45) is 11.2. The van der Waals surface area contributed by atoms with Crippen LogP contribution in [0.2, 0.25) is 0 Å². The van der Waals surface area contributed by atoms with Gasteiger partial charge in [-0.3, -0.25) is 0 Å². The van der Waals surface area contributed by atoms with Crippen molar-refractivity contribution >= 4 is 22.4 Å². The molecule has 0 unspecified atom stereocenters. The molecule has 28 heavy (non-hydrogen) atoms. The molecular formula is C23H30N4O. The lowest BCUT2D eigenvalue weighted by molar-refractivity contribution is 0.419. The Kier molecular flexibility index (Phi) is 7.81. The summed E-state index contributed by atoms with van der Waals surface area (Å²) in [5.41, 5.74) is 10.1. The van der Waals surface area contributed by atoms with Gasteiger partial charge in [-0.05, 0) is 38.0 Å². The second-order valence-corrected chi connectivity index (χ2v) is 6.41. The largest absolute Gasteiger partial charge is 0.494 e. The van der Waals surface area contributed by atoms with Crippen LogP contribution in [0.3, 0.4) is 0 Å². The van der Waals surface area contributed by atoms with Crippen LogP contribution in [-0.4, -0.2) is 21.7 Å². The molecule has 2 heterocycles. The first-order valence-corrected chi connectivity index (χ1v) is 9.59. The van der Waals surface area contributed by atoms with Gasteiger partial charge in [-0.25, -0.2) is 4.98 Å². The molecule has 5 heteroatoms. The molecule has 0 aliphatic carbocycles. The van der Waals surface area contributed by atoms with Gasteiger partial charge in [0.15, 0.2) is 0 Å². The molecule has 1 aromatic carbocycles. The van der Waals surface area contributed by atoms with Crippen molar-refractivity contribution in [1.82, 2.24) is 14.6 Å². The van der Waals surface area contributed by atoms with E-state index in [4.69, 9.17) is 10.5 Å². The molecule has 0 aliphatic rings. The quantitative estimate of drug-likeness (QED) is 0.454. The Bertz CT molecular complexity index is 999. The summed E-state index contributed by atoms with van der Waals surface area (Å²) < 4.78 is 7.13. The Morgan fingerprint density at radius 1 is 1.32 bits per heavy atom. The Morgan fingerprint density at radius 2 is 2.07 bits per heavy atom. The van der Waals surface area contributed by atoms with E-state index in [1.807, 2.05) is 32.0 Å². The number of benzene rings is 1. The average molecular weight is 379 g/mol. The van der Waals surface area contributed by atoms with E-state index in [2.05, 4.69) is 47.9 Å². The number of anilines is 1. The molecule has 0 fully saturated rings. The Labute approximate surface area is 167 Å². The molecule has 148 valence electrons. The molecule has 0 amide bonds. The summed E-state index contributed by atoms with van der Waals surface area (Å²) in [6.45, 7) is 9.46. The maximum Gasteiger partial charge on any atom is 0.222 e. The molecule has 3 rings (SSSR count). The van der Waals surface area contributed by atoms with E-state index in [0.717, 1.165) is 41.4 Å². The minimum Gasteiger partial charge on any atom is -0.494 e. The first-order valence-electron chi connectivity index (χ1n) is 9.59. The average Bonchev–Trinajstić information content (AvgIpc) is 3.11. The Morgan fingerprint density at radius 3 is 2.71 bits per heavy atom. The maximum atomic E-state index is 6.13. The molecular weight excluding hydrogens is 348 g/mol. The van der Waals surface area contributed by atoms with Gasteiger partial charge in [0.2, 0.25) is 5.95 Å². The molecule has 0 saturated heterocycles. The maximum absolute atomic E-state index is 6.13. The lowest BCUT2D eigenvalue weighted by atomic mass is 10.1. The number of rotatable bonds is 6. The molecule has 2 N–H and O–H groups in total. The molecule has 0 radical (unpaired) electrons. The SMILES string of the molecule is C/C=C\C(=C/CCC)Cc1cc2c3cccc(OC)c3nc(N)n2n1.C=CC. The van der Waals surface area contributed by atoms with Crippen LogP contribution in [0.15, 0.2) is 60.7 Å². The van der Waals surface area contributed by atoms with E-state index in [0.29, 0.717) is 11.7 Å². The number of nitrogens with zero attached hydrogens (tertiary/aromatic N) is 3. The van der Waals surface area contributed by atoms with Crippen LogP contribution in [0.25, 0.3) is 16.4 Å². The third kappa shape index (κ3) is 4.80. The molecule has 2 aromatic heterocycles. The molecule has 3 aromatic rings. The summed E-state index contributed by atoms with van der Waals surface area (Å²) >= 11 is 0. The smallest absolute Gasteiger partial charge is 0.222 e. The van der Waals surface area contributed by atoms with Crippen LogP contribution in [-0.2, 0) is 6.42 Å². The molecule has 0 aliphatic heterocycles. The summed E-state index contributed by atoms with van der Waals surface area (Å²) in [6, 6.07) is 7.95. The highest BCUT2D eigenvalue weighted by molar-refractivity contribution is 5.97. The molecule has 0 bridgehead atoms. The van der Waals surface area contributed by atoms with Crippen molar-refractivity contribution in [3.63, 3.8) is 0 Å². The highest BCUT2D eigenvalue weighted by atomic mass is 16.5. The number of nitrogens with two attached hydrogens (primary N) is 1. The van der Waals surface area contributed by atoms with Crippen molar-refractivity contribution in [2.45, 2.75) is 40.0 Å². The van der Waals surface area contributed by atoms with Crippen molar-refractivity contribution < 1.29 is 4.74 Å². The number of unbranched alkanes of at least 4 members (excludes halogenated alkanes) is 1. The Balaban J connectivity index is 0.000000878. The van der Waals surface area contributed by atoms with E-state index in [1.165, 1.54) is 5.57 Å². The van der Waals surface area contributed by atoms with E-state index in [1.54, 1.807) is 17.7 Å². The number of para-hydroxylation sites is 1. The molecule has 0 atom stereocenters. The van der Waals surface area contributed by atoms with Crippen LogP contribution < -0.4 is 10.5 Å². The van der Waals surface area contributed by atoms with Gasteiger partial charge in [-0.2, -0.15) is 9.61 Å². The Hall–Kier alpha value is -3.08. The van der Waals surface area contributed by atoms with Crippen molar-refractivity contribution in [3.8, 4) is 5.75 Å². The zero-order valence-electron chi connectivity index (χ0n) is 17.3. The summed E-state index contributed by atoms with van der Waals surface area (Å²) in [4.78, 5) is 4.48. The monoisotopic (exact) mass is 378 g/mol. The second kappa shape index (κ2) is 10.3. The standard InChI is InChI=1S/C20H24N4O.C3H6/c1-4-6-9-14(8-5-2)12-15-13-17-16-10-7-11-18(25-3)19(16)22-20(21)24(17)23-15;1-3-2/h5,7-11,13H,4,6,12H2,1-3H3,(H2,21,22);3H,1H2,2H3/b8-5-,14-9+;. The second-order valence-electron chi connectivity index (χ2n) is 6.41. The van der Waals surface area contributed by atoms with Gasteiger partial charge in [-0.1, -0.05) is 49.8 Å². The fraction of sp³-hybridized carbons (Fsp3) is 0.304. The van der Waals surface area contributed by atoms with Crippen LogP contribution in [0.5, 0.6) is 5.75 Å². The van der Waals surface area contributed by atoms with E-state index >= 15 is 0 Å². The zero-order valence-corrected chi connectivity index (χ0v) is 17.3. The first-order chi connectivity index (χ1) is 13.6. The topological polar surface area (TPSA) is 65.4 Å². The van der Waals surface area contributed by atoms with E-state index < -0.39 is 0 Å². The number of hydrogen-bond acceptors (Lipinski definition) is 4. The molecule has 0 saturated carbocycles. The van der Waals surface area contributed by atoms with Gasteiger partial charge >= 0.3 is 0 Å². The van der Waals surface area contributed by atoms with Gasteiger partial charge < -0.3 is 10.5 Å². The lowest BCUT2D eigenvalue weighted by Crippen LogP contribution is -2.03. The number of nitrogen functional groups attached to an aromatic ring is 1. The molecule has 5 nitrogen and oxygen atoms in total. The summed E-state index contributed by atoms with van der Waals surface area (Å²) in [5, 5.41) is 5.65.